The molecule has 0 atom stereocenters. The number of furan rings is 1. The number of hydrogen-bond donors (Lipinski definition) is 0. The Kier molecular flexibility index (Phi) is 13.3. The number of benzene rings is 6. The van der Waals surface area contributed by atoms with Crippen molar-refractivity contribution in [3.05, 3.63) is 187 Å². The summed E-state index contributed by atoms with van der Waals surface area (Å²) in [5.74, 6) is 1.45. The Morgan fingerprint density at radius 2 is 1.35 bits per heavy atom. The molecule has 4 aromatic heterocycles. The average molecular weight is 1060 g/mol. The van der Waals surface area contributed by atoms with Gasteiger partial charge in [0.1, 0.15) is 5.58 Å². The SMILES string of the molecule is CC(C)Cc1cc(-c2[c-]cccc2)ncc1[Si](C)(C)C.Cc1cc2c(cn1)oc1c(-c3nc4ccccc4n3-c3c(-c4ccccc4)cc(C(C)(C)C)cc3-c3ccccc3)[c-]ccc12.[Ir]. The van der Waals surface area contributed by atoms with E-state index in [1.165, 1.54) is 16.3 Å². The molecule has 0 fully saturated rings. The first-order valence-electron chi connectivity index (χ1n) is 22.7. The fraction of sp³-hybridized carbons (Fsp3) is 0.203. The van der Waals surface area contributed by atoms with E-state index in [0.717, 1.165) is 95.7 Å². The summed E-state index contributed by atoms with van der Waals surface area (Å²) in [5, 5.41) is 3.56. The van der Waals surface area contributed by atoms with Crippen molar-refractivity contribution in [2.24, 2.45) is 5.92 Å². The Morgan fingerprint density at radius 1 is 0.697 bits per heavy atom. The van der Waals surface area contributed by atoms with Gasteiger partial charge < -0.3 is 14.0 Å². The van der Waals surface area contributed by atoms with E-state index in [4.69, 9.17) is 9.40 Å². The second kappa shape index (κ2) is 18.9. The number of aromatic nitrogens is 4. The number of imidazole rings is 1. The van der Waals surface area contributed by atoms with Crippen LogP contribution < -0.4 is 5.19 Å². The molecule has 66 heavy (non-hydrogen) atoms. The van der Waals surface area contributed by atoms with E-state index in [1.807, 2.05) is 43.5 Å². The zero-order valence-corrected chi connectivity index (χ0v) is 42.7. The van der Waals surface area contributed by atoms with Crippen molar-refractivity contribution in [1.29, 1.82) is 0 Å². The van der Waals surface area contributed by atoms with Gasteiger partial charge in [-0.05, 0) is 82.6 Å². The minimum Gasteiger partial charge on any atom is -0.499 e. The Morgan fingerprint density at radius 3 is 1.97 bits per heavy atom. The van der Waals surface area contributed by atoms with E-state index in [0.29, 0.717) is 5.92 Å². The number of aryl methyl sites for hydroxylation is 1. The monoisotopic (exact) mass is 1060 g/mol. The summed E-state index contributed by atoms with van der Waals surface area (Å²) in [6.07, 6.45) is 5.05. The minimum atomic E-state index is -1.34. The zero-order valence-electron chi connectivity index (χ0n) is 39.3. The fourth-order valence-electron chi connectivity index (χ4n) is 8.80. The van der Waals surface area contributed by atoms with E-state index in [2.05, 4.69) is 202 Å². The molecule has 0 saturated carbocycles. The van der Waals surface area contributed by atoms with Crippen molar-refractivity contribution in [2.75, 3.05) is 0 Å². The van der Waals surface area contributed by atoms with Crippen LogP contribution in [-0.4, -0.2) is 27.6 Å². The maximum Gasteiger partial charge on any atom is 0.139 e. The van der Waals surface area contributed by atoms with Gasteiger partial charge in [0.05, 0.1) is 42.4 Å². The van der Waals surface area contributed by atoms with Crippen LogP contribution in [0.25, 0.3) is 83.6 Å². The number of para-hydroxylation sites is 2. The number of hydrogen-bond acceptors (Lipinski definition) is 4. The molecule has 6 aromatic carbocycles. The van der Waals surface area contributed by atoms with E-state index in [-0.39, 0.29) is 25.5 Å². The molecule has 1 radical (unpaired) electrons. The first-order chi connectivity index (χ1) is 31.2. The summed E-state index contributed by atoms with van der Waals surface area (Å²) < 4.78 is 8.84. The van der Waals surface area contributed by atoms with Crippen molar-refractivity contribution in [1.82, 2.24) is 19.5 Å². The summed E-state index contributed by atoms with van der Waals surface area (Å²) in [6.45, 7) is 20.6. The molecular weight excluding hydrogens is 1000 g/mol. The Balaban J connectivity index is 0.000000238. The third-order valence-electron chi connectivity index (χ3n) is 12.0. The Hall–Kier alpha value is -6.24. The molecular formula is C59H56IrN4OSi-2. The van der Waals surface area contributed by atoms with Crippen molar-refractivity contribution in [3.63, 3.8) is 0 Å². The van der Waals surface area contributed by atoms with E-state index in [1.54, 1.807) is 0 Å². The van der Waals surface area contributed by atoms with Crippen LogP contribution in [0.4, 0.5) is 0 Å². The van der Waals surface area contributed by atoms with Crippen molar-refractivity contribution < 1.29 is 24.5 Å². The summed E-state index contributed by atoms with van der Waals surface area (Å²) >= 11 is 0. The molecule has 0 aliphatic heterocycles. The van der Waals surface area contributed by atoms with Gasteiger partial charge in [0.2, 0.25) is 0 Å². The third-order valence-corrected chi connectivity index (χ3v) is 14.1. The van der Waals surface area contributed by atoms with Crippen LogP contribution in [-0.2, 0) is 31.9 Å². The molecule has 7 heteroatoms. The topological polar surface area (TPSA) is 56.7 Å². The van der Waals surface area contributed by atoms with Crippen LogP contribution in [0.3, 0.4) is 0 Å². The largest absolute Gasteiger partial charge is 0.499 e. The molecule has 0 unspecified atom stereocenters. The van der Waals surface area contributed by atoms with Crippen molar-refractivity contribution >= 4 is 46.2 Å². The van der Waals surface area contributed by atoms with Gasteiger partial charge >= 0.3 is 0 Å². The first-order valence-corrected chi connectivity index (χ1v) is 26.2. The first kappa shape index (κ1) is 46.3. The summed E-state index contributed by atoms with van der Waals surface area (Å²) in [5.41, 5.74) is 15.6. The molecule has 0 amide bonds. The summed E-state index contributed by atoms with van der Waals surface area (Å²) in [4.78, 5) is 14.5. The summed E-state index contributed by atoms with van der Waals surface area (Å²) in [6, 6.07) is 57.7. The van der Waals surface area contributed by atoms with Crippen LogP contribution in [0.1, 0.15) is 51.4 Å². The standard InChI is InChI=1S/C41H32N3O.C18H24NSi.Ir/c1-26-22-34-30-18-13-19-31(39(30)45-37(34)25-42-26)40-43-35-20-11-12-21-36(35)44(40)38-32(27-14-7-5-8-15-27)23-29(41(2,3)4)24-33(38)28-16-9-6-10-17-28;1-14(2)11-16-12-17(15-9-7-6-8-10-15)19-13-18(16)20(3,4)5;/h5-18,20-25H,1-4H3;6-9,12-14H,11H2,1-5H3;/q2*-1;. The number of pyridine rings is 2. The van der Waals surface area contributed by atoms with E-state index in [9.17, 15) is 0 Å². The molecule has 0 aliphatic rings. The van der Waals surface area contributed by atoms with Gasteiger partial charge in [-0.15, -0.1) is 54.1 Å². The second-order valence-corrected chi connectivity index (χ2v) is 24.6. The van der Waals surface area contributed by atoms with Crippen LogP contribution in [0.15, 0.2) is 162 Å². The van der Waals surface area contributed by atoms with E-state index >= 15 is 0 Å². The van der Waals surface area contributed by atoms with Gasteiger partial charge in [-0.25, -0.2) is 0 Å². The molecule has 0 spiro atoms. The number of nitrogens with zero attached hydrogens (tertiary/aromatic N) is 4. The maximum atomic E-state index is 6.53. The smallest absolute Gasteiger partial charge is 0.139 e. The third kappa shape index (κ3) is 9.39. The Bertz CT molecular complexity index is 3230. The maximum absolute atomic E-state index is 6.53. The van der Waals surface area contributed by atoms with Gasteiger partial charge in [-0.1, -0.05) is 150 Å². The predicted molar refractivity (Wildman–Crippen MR) is 275 cm³/mol. The molecule has 0 N–H and O–H groups in total. The molecule has 10 rings (SSSR count). The quantitative estimate of drug-likeness (QED) is 0.112. The molecule has 0 bridgehead atoms. The normalized spacial score (nSPS) is 11.8. The minimum absolute atomic E-state index is 0. The number of fused-ring (bicyclic) bond motifs is 4. The van der Waals surface area contributed by atoms with Crippen molar-refractivity contribution in [3.8, 4) is 50.6 Å². The van der Waals surface area contributed by atoms with Crippen LogP contribution >= 0.6 is 0 Å². The number of rotatable bonds is 8. The second-order valence-electron chi connectivity index (χ2n) is 19.5. The predicted octanol–water partition coefficient (Wildman–Crippen LogP) is 15.0. The zero-order chi connectivity index (χ0) is 45.5. The van der Waals surface area contributed by atoms with Crippen LogP contribution in [0.5, 0.6) is 0 Å². The average Bonchev–Trinajstić information content (AvgIpc) is 3.87. The fourth-order valence-corrected chi connectivity index (χ4v) is 10.4. The Labute approximate surface area is 404 Å². The van der Waals surface area contributed by atoms with Gasteiger partial charge in [-0.2, -0.15) is 0 Å². The summed E-state index contributed by atoms with van der Waals surface area (Å²) in [7, 11) is -1.34. The molecule has 5 nitrogen and oxygen atoms in total. The molecule has 10 aromatic rings. The molecule has 333 valence electrons. The van der Waals surface area contributed by atoms with Gasteiger partial charge in [-0.3, -0.25) is 9.97 Å². The van der Waals surface area contributed by atoms with Crippen LogP contribution in [0.2, 0.25) is 19.6 Å². The molecule has 0 saturated heterocycles. The van der Waals surface area contributed by atoms with Gasteiger partial charge in [0, 0.05) is 48.5 Å². The van der Waals surface area contributed by atoms with Crippen LogP contribution in [0, 0.1) is 25.0 Å². The van der Waals surface area contributed by atoms with Gasteiger partial charge in [0.25, 0.3) is 0 Å². The van der Waals surface area contributed by atoms with Crippen molar-refractivity contribution in [2.45, 2.75) is 73.0 Å². The molecule has 0 aliphatic carbocycles. The van der Waals surface area contributed by atoms with E-state index < -0.39 is 8.07 Å². The van der Waals surface area contributed by atoms with Gasteiger partial charge in [0.15, 0.2) is 0 Å². The molecule has 4 heterocycles.